The molecule has 0 saturated carbocycles. The molecule has 0 aliphatic carbocycles. The molecule has 1 heterocycles. The summed E-state index contributed by atoms with van der Waals surface area (Å²) in [5.74, 6) is -0.118. The quantitative estimate of drug-likeness (QED) is 0.0984. The Labute approximate surface area is 292 Å². The van der Waals surface area contributed by atoms with Crippen LogP contribution in [-0.2, 0) is 15.9 Å². The third-order valence-corrected chi connectivity index (χ3v) is 7.68. The summed E-state index contributed by atoms with van der Waals surface area (Å²) in [5, 5.41) is 27.9. The van der Waals surface area contributed by atoms with Crippen molar-refractivity contribution < 1.29 is 43.1 Å². The first-order valence-electron chi connectivity index (χ1n) is 15.4. The van der Waals surface area contributed by atoms with E-state index in [1.807, 2.05) is 0 Å². The van der Waals surface area contributed by atoms with Crippen molar-refractivity contribution >= 4 is 35.3 Å². The van der Waals surface area contributed by atoms with Crippen molar-refractivity contribution in [3.8, 4) is 17.2 Å². The van der Waals surface area contributed by atoms with E-state index in [0.29, 0.717) is 39.5 Å². The maximum absolute atomic E-state index is 13.0. The Balaban J connectivity index is 1.54. The van der Waals surface area contributed by atoms with E-state index < -0.39 is 33.9 Å². The molecule has 2 unspecified atom stereocenters. The maximum atomic E-state index is 13.0. The highest BCUT2D eigenvalue weighted by molar-refractivity contribution is 5.86. The minimum atomic E-state index is -0.940. The molecule has 3 aromatic carbocycles. The van der Waals surface area contributed by atoms with E-state index >= 15 is 0 Å². The molecule has 0 aliphatic heterocycles. The predicted octanol–water partition coefficient (Wildman–Crippen LogP) is 6.61. The molecule has 51 heavy (non-hydrogen) atoms. The number of ether oxygens (including phenoxy) is 5. The highest BCUT2D eigenvalue weighted by Crippen LogP contribution is 2.39. The molecule has 0 radical (unpaired) electrons. The predicted molar refractivity (Wildman–Crippen MR) is 184 cm³/mol. The molecule has 268 valence electrons. The van der Waals surface area contributed by atoms with Crippen molar-refractivity contribution in [3.63, 3.8) is 0 Å². The third-order valence-electron chi connectivity index (χ3n) is 7.68. The first kappa shape index (κ1) is 37.3. The van der Waals surface area contributed by atoms with E-state index in [4.69, 9.17) is 23.7 Å². The second-order valence-corrected chi connectivity index (χ2v) is 11.2. The van der Waals surface area contributed by atoms with Crippen molar-refractivity contribution in [2.75, 3.05) is 45.2 Å². The molecule has 0 aliphatic rings. The van der Waals surface area contributed by atoms with Crippen LogP contribution in [0.4, 0.5) is 32.7 Å². The van der Waals surface area contributed by atoms with E-state index in [0.717, 1.165) is 0 Å². The average molecular weight is 705 g/mol. The minimum absolute atomic E-state index is 0.0225. The van der Waals surface area contributed by atoms with E-state index in [9.17, 15) is 29.8 Å². The number of methoxy groups -OCH3 is 3. The number of nitro groups is 2. The van der Waals surface area contributed by atoms with Gasteiger partial charge in [0.05, 0.1) is 31.2 Å². The number of para-hydroxylation sites is 2. The number of nitrogens with zero attached hydrogens (tertiary/aromatic N) is 4. The molecule has 17 heteroatoms. The summed E-state index contributed by atoms with van der Waals surface area (Å²) in [6, 6.07) is 15.7. The van der Waals surface area contributed by atoms with Crippen LogP contribution >= 0.6 is 0 Å². The number of nitro benzene ring substituents is 2. The first-order valence-corrected chi connectivity index (χ1v) is 15.4. The van der Waals surface area contributed by atoms with Gasteiger partial charge < -0.3 is 23.7 Å². The topological polar surface area (TPSA) is 216 Å². The number of hydrogen-bond acceptors (Lipinski definition) is 13. The number of anilines is 2. The molecule has 0 bridgehead atoms. The van der Waals surface area contributed by atoms with Gasteiger partial charge in [0.1, 0.15) is 19.0 Å². The Kier molecular flexibility index (Phi) is 12.6. The molecular weight excluding hydrogens is 668 g/mol. The number of carbonyl (C=O) groups is 2. The number of rotatable bonds is 15. The van der Waals surface area contributed by atoms with Crippen LogP contribution in [0.25, 0.3) is 0 Å². The van der Waals surface area contributed by atoms with Gasteiger partial charge >= 0.3 is 12.2 Å². The summed E-state index contributed by atoms with van der Waals surface area (Å²) in [4.78, 5) is 56.2. The number of carbonyl (C=O) groups excluding carboxylic acids is 2. The van der Waals surface area contributed by atoms with Gasteiger partial charge in [-0.2, -0.15) is 4.98 Å². The molecule has 0 fully saturated rings. The third kappa shape index (κ3) is 9.56. The van der Waals surface area contributed by atoms with Gasteiger partial charge in [0.15, 0.2) is 11.5 Å². The van der Waals surface area contributed by atoms with E-state index in [1.54, 1.807) is 62.4 Å². The first-order chi connectivity index (χ1) is 24.4. The van der Waals surface area contributed by atoms with Gasteiger partial charge in [0, 0.05) is 53.3 Å². The molecular formula is C34H36N6O11. The van der Waals surface area contributed by atoms with Crippen LogP contribution in [0.3, 0.4) is 0 Å². The van der Waals surface area contributed by atoms with E-state index in [1.165, 1.54) is 39.7 Å². The van der Waals surface area contributed by atoms with Gasteiger partial charge in [-0.3, -0.25) is 30.9 Å². The largest absolute Gasteiger partial charge is 0.493 e. The van der Waals surface area contributed by atoms with Crippen molar-refractivity contribution in [2.45, 2.75) is 32.1 Å². The van der Waals surface area contributed by atoms with Gasteiger partial charge in [-0.1, -0.05) is 50.2 Å². The van der Waals surface area contributed by atoms with Crippen molar-refractivity contribution in [3.05, 3.63) is 109 Å². The molecule has 2 amide bonds. The van der Waals surface area contributed by atoms with E-state index in [-0.39, 0.29) is 42.8 Å². The lowest BCUT2D eigenvalue weighted by atomic mass is 10.0. The summed E-state index contributed by atoms with van der Waals surface area (Å²) in [6.45, 7) is 2.97. The minimum Gasteiger partial charge on any atom is -0.493 e. The number of aromatic nitrogens is 2. The van der Waals surface area contributed by atoms with Gasteiger partial charge in [0.25, 0.3) is 11.4 Å². The molecule has 4 rings (SSSR count). The molecule has 0 spiro atoms. The zero-order valence-corrected chi connectivity index (χ0v) is 28.4. The van der Waals surface area contributed by atoms with Crippen LogP contribution in [0.15, 0.2) is 66.9 Å². The standard InChI is InChI=1S/C34H36N6O11/c1-20(24-10-6-8-12-26(24)39(43)44)18-50-33(41)37-31-23(14-22-15-28(47-3)30(49-5)29(16-22)48-4)17-35-32(36-31)38-34(42)51-19-21(2)25-11-7-9-13-27(25)40(45)46/h6-13,15-17,20-21H,14,18-19H2,1-5H3,(H2,35,36,37,38,41,42). The Morgan fingerprint density at radius 2 is 1.25 bits per heavy atom. The normalized spacial score (nSPS) is 11.8. The fourth-order valence-corrected chi connectivity index (χ4v) is 5.14. The van der Waals surface area contributed by atoms with Crippen molar-refractivity contribution in [2.24, 2.45) is 0 Å². The summed E-state index contributed by atoms with van der Waals surface area (Å²) in [6.07, 6.45) is -0.327. The molecule has 0 saturated heterocycles. The van der Waals surface area contributed by atoms with Gasteiger partial charge in [-0.25, -0.2) is 14.6 Å². The fraction of sp³-hybridized carbons (Fsp3) is 0.294. The fourth-order valence-electron chi connectivity index (χ4n) is 5.14. The number of benzene rings is 3. The summed E-state index contributed by atoms with van der Waals surface area (Å²) in [5.41, 5.74) is 1.65. The van der Waals surface area contributed by atoms with Crippen LogP contribution in [0.1, 0.15) is 47.9 Å². The van der Waals surface area contributed by atoms with Crippen molar-refractivity contribution in [1.29, 1.82) is 0 Å². The van der Waals surface area contributed by atoms with E-state index in [2.05, 4.69) is 20.6 Å². The second kappa shape index (κ2) is 17.2. The Morgan fingerprint density at radius 1 is 0.765 bits per heavy atom. The smallest absolute Gasteiger partial charge is 0.414 e. The second-order valence-electron chi connectivity index (χ2n) is 11.2. The monoisotopic (exact) mass is 704 g/mol. The van der Waals surface area contributed by atoms with Crippen LogP contribution in [-0.4, -0.2) is 66.5 Å². The van der Waals surface area contributed by atoms with Gasteiger partial charge in [0.2, 0.25) is 11.7 Å². The maximum Gasteiger partial charge on any atom is 0.414 e. The summed E-state index contributed by atoms with van der Waals surface area (Å²) < 4.78 is 27.0. The van der Waals surface area contributed by atoms with Gasteiger partial charge in [-0.05, 0) is 17.7 Å². The highest BCUT2D eigenvalue weighted by atomic mass is 16.6. The van der Waals surface area contributed by atoms with Crippen LogP contribution in [0.2, 0.25) is 0 Å². The van der Waals surface area contributed by atoms with Gasteiger partial charge in [-0.15, -0.1) is 0 Å². The summed E-state index contributed by atoms with van der Waals surface area (Å²) in [7, 11) is 4.42. The van der Waals surface area contributed by atoms with Crippen molar-refractivity contribution in [1.82, 2.24) is 9.97 Å². The SMILES string of the molecule is COc1cc(Cc2cnc(NC(=O)OCC(C)c3ccccc3[N+](=O)[O-])nc2NC(=O)OCC(C)c2ccccc2[N+](=O)[O-])cc(OC)c1OC. The Bertz CT molecular complexity index is 1880. The lowest BCUT2D eigenvalue weighted by molar-refractivity contribution is -0.385. The molecule has 17 nitrogen and oxygen atoms in total. The number of amides is 2. The van der Waals surface area contributed by atoms with Crippen LogP contribution in [0, 0.1) is 20.2 Å². The van der Waals surface area contributed by atoms with Crippen LogP contribution in [0.5, 0.6) is 17.2 Å². The zero-order valence-electron chi connectivity index (χ0n) is 28.4. The Hall–Kier alpha value is -6.52. The Morgan fingerprint density at radius 3 is 1.73 bits per heavy atom. The molecule has 2 N–H and O–H groups in total. The number of hydrogen-bond donors (Lipinski definition) is 2. The molecule has 1 aromatic heterocycles. The summed E-state index contributed by atoms with van der Waals surface area (Å²) >= 11 is 0. The highest BCUT2D eigenvalue weighted by Gasteiger charge is 2.23. The molecule has 4 aromatic rings. The zero-order chi connectivity index (χ0) is 37.1. The average Bonchev–Trinajstić information content (AvgIpc) is 3.13. The number of nitrogens with one attached hydrogen (secondary N) is 2. The van der Waals surface area contributed by atoms with Crippen LogP contribution < -0.4 is 24.8 Å². The molecule has 2 atom stereocenters. The lowest BCUT2D eigenvalue weighted by Gasteiger charge is -2.16. The lowest BCUT2D eigenvalue weighted by Crippen LogP contribution is -2.21.